The molecule has 1 aliphatic carbocycles. The summed E-state index contributed by atoms with van der Waals surface area (Å²) < 4.78 is 30.8. The highest BCUT2D eigenvalue weighted by atomic mass is 32.2. The van der Waals surface area contributed by atoms with Crippen LogP contribution in [-0.2, 0) is 10.1 Å². The Labute approximate surface area is 182 Å². The molecule has 3 aromatic heterocycles. The van der Waals surface area contributed by atoms with Crippen LogP contribution in [0.1, 0.15) is 48.5 Å². The van der Waals surface area contributed by atoms with Gasteiger partial charge in [-0.25, -0.2) is 8.42 Å². The van der Waals surface area contributed by atoms with Crippen molar-refractivity contribution in [1.82, 2.24) is 15.0 Å². The number of allylic oxidation sites excluding steroid dienone is 2. The molecule has 0 atom stereocenters. The van der Waals surface area contributed by atoms with E-state index in [1.165, 1.54) is 22.8 Å². The van der Waals surface area contributed by atoms with Crippen LogP contribution in [0.5, 0.6) is 0 Å². The normalized spacial score (nSPS) is 16.7. The average molecular weight is 441 g/mol. The molecule has 0 amide bonds. The lowest BCUT2D eigenvalue weighted by Gasteiger charge is -2.12. The summed E-state index contributed by atoms with van der Waals surface area (Å²) in [5, 5.41) is 1.64. The molecule has 2 aliphatic rings. The van der Waals surface area contributed by atoms with Gasteiger partial charge < -0.3 is 19.5 Å². The van der Waals surface area contributed by atoms with Crippen LogP contribution in [0.4, 0.5) is 0 Å². The number of rotatable bonds is 4. The molecule has 4 heterocycles. The molecule has 1 aliphatic heterocycles. The molecule has 31 heavy (non-hydrogen) atoms. The summed E-state index contributed by atoms with van der Waals surface area (Å²) in [4.78, 5) is 10.2. The first-order chi connectivity index (χ1) is 14.8. The molecule has 164 valence electrons. The monoisotopic (exact) mass is 440 g/mol. The van der Waals surface area contributed by atoms with E-state index in [0.717, 1.165) is 35.6 Å². The number of nitrogens with two attached hydrogens (primary N) is 1. The van der Waals surface area contributed by atoms with Gasteiger partial charge in [0.2, 0.25) is 0 Å². The van der Waals surface area contributed by atoms with Crippen molar-refractivity contribution in [3.63, 3.8) is 0 Å². The second-order valence-electron chi connectivity index (χ2n) is 8.18. The second kappa shape index (κ2) is 8.74. The molecular formula is C23H28N4O3S. The summed E-state index contributed by atoms with van der Waals surface area (Å²) in [5.41, 5.74) is 9.31. The number of quaternary nitrogens is 1. The molecule has 5 N–H and O–H groups in total. The van der Waals surface area contributed by atoms with Gasteiger partial charge in [-0.1, -0.05) is 12.8 Å². The Morgan fingerprint density at radius 3 is 1.71 bits per heavy atom. The van der Waals surface area contributed by atoms with Crippen molar-refractivity contribution >= 4 is 21.5 Å². The number of hydrogen-bond donors (Lipinski definition) is 4. The molecule has 0 radical (unpaired) electrons. The Kier molecular flexibility index (Phi) is 6.04. The molecular weight excluding hydrogens is 412 g/mol. The van der Waals surface area contributed by atoms with Crippen LogP contribution in [0.3, 0.4) is 0 Å². The van der Waals surface area contributed by atoms with Gasteiger partial charge in [0.25, 0.3) is 0 Å². The van der Waals surface area contributed by atoms with Crippen LogP contribution < -0.4 is 5.32 Å². The predicted molar refractivity (Wildman–Crippen MR) is 121 cm³/mol. The van der Waals surface area contributed by atoms with Gasteiger partial charge in [0.1, 0.15) is 11.4 Å². The molecule has 5 rings (SSSR count). The van der Waals surface area contributed by atoms with Crippen LogP contribution >= 0.6 is 0 Å². The molecule has 1 saturated carbocycles. The van der Waals surface area contributed by atoms with E-state index < -0.39 is 15.4 Å². The fourth-order valence-electron chi connectivity index (χ4n) is 4.01. The van der Waals surface area contributed by atoms with Gasteiger partial charge in [-0.15, -0.1) is 0 Å². The largest absolute Gasteiger partial charge is 0.748 e. The van der Waals surface area contributed by atoms with Crippen molar-refractivity contribution in [3.05, 3.63) is 71.3 Å². The third-order valence-electron chi connectivity index (χ3n) is 5.73. The smallest absolute Gasteiger partial charge is 0.158 e. The van der Waals surface area contributed by atoms with E-state index in [4.69, 9.17) is 0 Å². The van der Waals surface area contributed by atoms with Gasteiger partial charge in [-0.3, -0.25) is 5.32 Å². The van der Waals surface area contributed by atoms with E-state index in [1.54, 1.807) is 0 Å². The zero-order valence-electron chi connectivity index (χ0n) is 17.7. The van der Waals surface area contributed by atoms with Crippen LogP contribution in [-0.4, -0.2) is 33.2 Å². The standard InChI is InChI=1S/C18H18N4.C5H10O3S/c1-11-3-5-13(19-11)15-7-9-17(21-15)18-10-8-16(22-18)14-6-4-12(2)20-14;6-9(7,8)5-3-1-2-4-5/h3-10,19-22H,1-2H3;5H,1-4H2,(H,6,7,8). The van der Waals surface area contributed by atoms with Crippen LogP contribution in [0.25, 0.3) is 22.8 Å². The van der Waals surface area contributed by atoms with Crippen LogP contribution in [0, 0.1) is 13.8 Å². The minimum atomic E-state index is -3.95. The number of hydrogen-bond acceptors (Lipinski definition) is 3. The van der Waals surface area contributed by atoms with Gasteiger partial charge in [0.05, 0.1) is 21.5 Å². The van der Waals surface area contributed by atoms with E-state index in [2.05, 4.69) is 82.7 Å². The highest BCUT2D eigenvalue weighted by Crippen LogP contribution is 2.23. The number of nitrogens with one attached hydrogen (secondary N) is 3. The summed E-state index contributed by atoms with van der Waals surface area (Å²) in [6.45, 7) is 4.14. The fraction of sp³-hybridized carbons (Fsp3) is 0.304. The summed E-state index contributed by atoms with van der Waals surface area (Å²) in [7, 11) is -3.95. The minimum absolute atomic E-state index is 0.572. The predicted octanol–water partition coefficient (Wildman–Crippen LogP) is 3.39. The van der Waals surface area contributed by atoms with Gasteiger partial charge in [-0.2, -0.15) is 0 Å². The lowest BCUT2D eigenvalue weighted by Crippen LogP contribution is -2.76. The Hall–Kier alpha value is -2.81. The molecule has 0 saturated heterocycles. The van der Waals surface area contributed by atoms with Crippen molar-refractivity contribution < 1.29 is 18.3 Å². The SMILES string of the molecule is Cc1ccc(C2=CC=C(c3ccc(-c4ccc(C)[nH]4)[nH]3)[NH2+]2)[nH]1.O=S(=O)([O-])C1CCCC1. The van der Waals surface area contributed by atoms with E-state index in [1.807, 2.05) is 0 Å². The zero-order valence-corrected chi connectivity index (χ0v) is 18.6. The quantitative estimate of drug-likeness (QED) is 0.465. The maximum atomic E-state index is 10.3. The molecule has 7 nitrogen and oxygen atoms in total. The molecule has 0 unspecified atom stereocenters. The maximum Gasteiger partial charge on any atom is 0.158 e. The molecule has 1 fully saturated rings. The van der Waals surface area contributed by atoms with E-state index in [-0.39, 0.29) is 0 Å². The highest BCUT2D eigenvalue weighted by molar-refractivity contribution is 7.86. The Morgan fingerprint density at radius 1 is 0.774 bits per heavy atom. The summed E-state index contributed by atoms with van der Waals surface area (Å²) in [5.74, 6) is 0. The first kappa shape index (κ1) is 21.4. The highest BCUT2D eigenvalue weighted by Gasteiger charge is 2.20. The van der Waals surface area contributed by atoms with Crippen molar-refractivity contribution in [2.45, 2.75) is 44.8 Å². The Balaban J connectivity index is 0.000000217. The summed E-state index contributed by atoms with van der Waals surface area (Å²) in [6, 6.07) is 12.7. The number of H-pyrrole nitrogens is 3. The van der Waals surface area contributed by atoms with Crippen molar-refractivity contribution in [3.8, 4) is 11.4 Å². The first-order valence-corrected chi connectivity index (χ1v) is 12.0. The number of aryl methyl sites for hydroxylation is 2. The molecule has 0 spiro atoms. The van der Waals surface area contributed by atoms with Gasteiger partial charge in [0, 0.05) is 28.8 Å². The molecule has 0 aromatic carbocycles. The third kappa shape index (κ3) is 5.10. The molecule has 3 aromatic rings. The molecule has 8 heteroatoms. The van der Waals surface area contributed by atoms with Crippen molar-refractivity contribution in [2.24, 2.45) is 0 Å². The van der Waals surface area contributed by atoms with Gasteiger partial charge >= 0.3 is 0 Å². The topological polar surface area (TPSA) is 121 Å². The van der Waals surface area contributed by atoms with E-state index in [0.29, 0.717) is 12.8 Å². The lowest BCUT2D eigenvalue weighted by atomic mass is 10.3. The fourth-order valence-corrected chi connectivity index (χ4v) is 4.92. The minimum Gasteiger partial charge on any atom is -0.748 e. The lowest BCUT2D eigenvalue weighted by molar-refractivity contribution is -0.457. The number of aromatic nitrogens is 3. The second-order valence-corrected chi connectivity index (χ2v) is 9.84. The van der Waals surface area contributed by atoms with Gasteiger partial charge in [-0.05, 0) is 63.1 Å². The zero-order chi connectivity index (χ0) is 22.0. The van der Waals surface area contributed by atoms with E-state index in [9.17, 15) is 13.0 Å². The first-order valence-electron chi connectivity index (χ1n) is 10.5. The molecule has 0 bridgehead atoms. The Bertz CT molecular complexity index is 1220. The summed E-state index contributed by atoms with van der Waals surface area (Å²) in [6.07, 6.45) is 7.25. The average Bonchev–Trinajstić information content (AvgIpc) is 3.50. The van der Waals surface area contributed by atoms with Crippen LogP contribution in [0.15, 0.2) is 48.6 Å². The van der Waals surface area contributed by atoms with Crippen molar-refractivity contribution in [1.29, 1.82) is 0 Å². The van der Waals surface area contributed by atoms with Crippen molar-refractivity contribution in [2.75, 3.05) is 0 Å². The maximum absolute atomic E-state index is 10.3. The van der Waals surface area contributed by atoms with E-state index >= 15 is 0 Å². The number of aromatic amines is 3. The van der Waals surface area contributed by atoms with Gasteiger partial charge in [0.15, 0.2) is 11.4 Å². The Morgan fingerprint density at radius 2 is 1.23 bits per heavy atom. The third-order valence-corrected chi connectivity index (χ3v) is 7.01. The van der Waals surface area contributed by atoms with Crippen LogP contribution in [0.2, 0.25) is 0 Å². The summed E-state index contributed by atoms with van der Waals surface area (Å²) >= 11 is 0.